The topological polar surface area (TPSA) is 87.3 Å². The van der Waals surface area contributed by atoms with Crippen LogP contribution in [0.5, 0.6) is 0 Å². The predicted molar refractivity (Wildman–Crippen MR) is 64.8 cm³/mol. The number of rotatable bonds is 5. The van der Waals surface area contributed by atoms with Crippen molar-refractivity contribution in [3.05, 3.63) is 27.7 Å². The van der Waals surface area contributed by atoms with Crippen molar-refractivity contribution in [1.82, 2.24) is 9.55 Å². The number of nitrogens with zero attached hydrogens (tertiary/aromatic N) is 3. The molecule has 0 bridgehead atoms. The first-order valence-electron chi connectivity index (χ1n) is 5.54. The zero-order valence-corrected chi connectivity index (χ0v) is 10.5. The lowest BCUT2D eigenvalue weighted by Gasteiger charge is -2.03. The predicted octanol–water partition coefficient (Wildman–Crippen LogP) is 1.68. The molecule has 18 heavy (non-hydrogen) atoms. The molecule has 0 saturated carbocycles. The Kier molecular flexibility index (Phi) is 4.59. The van der Waals surface area contributed by atoms with E-state index < -0.39 is 10.9 Å². The molecular formula is C11H15N3O4. The fourth-order valence-electron chi connectivity index (χ4n) is 1.46. The molecule has 0 aliphatic carbocycles. The number of esters is 1. The minimum Gasteiger partial charge on any atom is -0.463 e. The molecule has 98 valence electrons. The van der Waals surface area contributed by atoms with Gasteiger partial charge in [-0.1, -0.05) is 6.92 Å². The number of nitro groups is 1. The molecule has 0 aliphatic heterocycles. The number of aryl methyl sites for hydroxylation is 1. The van der Waals surface area contributed by atoms with Crippen LogP contribution < -0.4 is 0 Å². The number of carbonyl (C=O) groups is 1. The third kappa shape index (κ3) is 2.93. The highest BCUT2D eigenvalue weighted by molar-refractivity contribution is 5.93. The molecule has 1 aromatic heterocycles. The van der Waals surface area contributed by atoms with Gasteiger partial charge in [-0.15, -0.1) is 0 Å². The molecule has 0 unspecified atom stereocenters. The van der Waals surface area contributed by atoms with Crippen molar-refractivity contribution in [3.8, 4) is 0 Å². The molecule has 0 radical (unpaired) electrons. The van der Waals surface area contributed by atoms with Gasteiger partial charge in [-0.05, 0) is 24.3 Å². The van der Waals surface area contributed by atoms with Gasteiger partial charge in [0.2, 0.25) is 0 Å². The lowest BCUT2D eigenvalue weighted by Crippen LogP contribution is -2.07. The van der Waals surface area contributed by atoms with E-state index in [1.54, 1.807) is 13.8 Å². The molecule has 0 atom stereocenters. The Labute approximate surface area is 104 Å². The summed E-state index contributed by atoms with van der Waals surface area (Å²) in [6.45, 7) is 3.74. The normalized spacial score (nSPS) is 11.4. The van der Waals surface area contributed by atoms with Gasteiger partial charge in [0.05, 0.1) is 13.7 Å². The van der Waals surface area contributed by atoms with Crippen LogP contribution in [0.4, 0.5) is 5.82 Å². The number of carbonyl (C=O) groups excluding carboxylic acids is 1. The van der Waals surface area contributed by atoms with E-state index in [-0.39, 0.29) is 18.1 Å². The molecule has 0 spiro atoms. The summed E-state index contributed by atoms with van der Waals surface area (Å²) in [5, 5.41) is 10.9. The van der Waals surface area contributed by atoms with Crippen molar-refractivity contribution in [3.63, 3.8) is 0 Å². The molecule has 7 heteroatoms. The highest BCUT2D eigenvalue weighted by Gasteiger charge is 2.19. The van der Waals surface area contributed by atoms with Crippen LogP contribution in [-0.4, -0.2) is 27.1 Å². The zero-order chi connectivity index (χ0) is 13.7. The van der Waals surface area contributed by atoms with Crippen molar-refractivity contribution in [2.45, 2.75) is 20.3 Å². The van der Waals surface area contributed by atoms with Crippen LogP contribution in [-0.2, 0) is 16.6 Å². The first kappa shape index (κ1) is 13.9. The van der Waals surface area contributed by atoms with Crippen molar-refractivity contribution >= 4 is 17.9 Å². The average molecular weight is 253 g/mol. The smallest absolute Gasteiger partial charge is 0.349 e. The van der Waals surface area contributed by atoms with Crippen LogP contribution in [0.15, 0.2) is 11.9 Å². The molecule has 1 aromatic rings. The summed E-state index contributed by atoms with van der Waals surface area (Å²) in [6, 6.07) is 0. The lowest BCUT2D eigenvalue weighted by molar-refractivity contribution is -0.392. The van der Waals surface area contributed by atoms with E-state index in [4.69, 9.17) is 4.74 Å². The molecule has 1 heterocycles. The van der Waals surface area contributed by atoms with Gasteiger partial charge in [-0.25, -0.2) is 14.3 Å². The SMILES string of the molecule is CCOC(=O)/C(=C\c1ncn(C)c1[N+](=O)[O-])CC. The fraction of sp³-hybridized carbons (Fsp3) is 0.455. The number of aromatic nitrogens is 2. The summed E-state index contributed by atoms with van der Waals surface area (Å²) in [6.07, 6.45) is 3.16. The van der Waals surface area contributed by atoms with Gasteiger partial charge in [0.25, 0.3) is 0 Å². The van der Waals surface area contributed by atoms with E-state index in [1.807, 2.05) is 0 Å². The molecule has 0 fully saturated rings. The molecule has 0 aliphatic rings. The third-order valence-electron chi connectivity index (χ3n) is 2.34. The van der Waals surface area contributed by atoms with E-state index in [2.05, 4.69) is 4.98 Å². The summed E-state index contributed by atoms with van der Waals surface area (Å²) in [5.41, 5.74) is 0.519. The number of hydrogen-bond donors (Lipinski definition) is 0. The quantitative estimate of drug-likeness (QED) is 0.345. The van der Waals surface area contributed by atoms with Crippen LogP contribution in [0, 0.1) is 10.1 Å². The molecule has 1 rings (SSSR count). The van der Waals surface area contributed by atoms with Crippen LogP contribution in [0.25, 0.3) is 6.08 Å². The van der Waals surface area contributed by atoms with Crippen LogP contribution in [0.1, 0.15) is 26.0 Å². The molecular weight excluding hydrogens is 238 g/mol. The minimum atomic E-state index is -0.530. The Bertz CT molecular complexity index is 490. The lowest BCUT2D eigenvalue weighted by atomic mass is 10.1. The highest BCUT2D eigenvalue weighted by Crippen LogP contribution is 2.20. The van der Waals surface area contributed by atoms with Gasteiger partial charge >= 0.3 is 11.8 Å². The maximum absolute atomic E-state index is 11.6. The van der Waals surface area contributed by atoms with E-state index >= 15 is 0 Å². The number of imidazole rings is 1. The van der Waals surface area contributed by atoms with Crippen LogP contribution in [0.3, 0.4) is 0 Å². The largest absolute Gasteiger partial charge is 0.463 e. The van der Waals surface area contributed by atoms with Crippen molar-refractivity contribution in [1.29, 1.82) is 0 Å². The van der Waals surface area contributed by atoms with E-state index in [0.29, 0.717) is 12.0 Å². The van der Waals surface area contributed by atoms with E-state index in [0.717, 1.165) is 0 Å². The number of ether oxygens (including phenoxy) is 1. The molecule has 0 aromatic carbocycles. The van der Waals surface area contributed by atoms with Crippen molar-refractivity contribution in [2.24, 2.45) is 7.05 Å². The minimum absolute atomic E-state index is 0.148. The van der Waals surface area contributed by atoms with Crippen LogP contribution in [0.2, 0.25) is 0 Å². The third-order valence-corrected chi connectivity index (χ3v) is 2.34. The summed E-state index contributed by atoms with van der Waals surface area (Å²) in [7, 11) is 1.53. The van der Waals surface area contributed by atoms with E-state index in [9.17, 15) is 14.9 Å². The second kappa shape index (κ2) is 5.95. The van der Waals surface area contributed by atoms with Gasteiger partial charge < -0.3 is 14.9 Å². The summed E-state index contributed by atoms with van der Waals surface area (Å²) >= 11 is 0. The first-order valence-corrected chi connectivity index (χ1v) is 5.54. The van der Waals surface area contributed by atoms with Gasteiger partial charge in [0.15, 0.2) is 12.0 Å². The van der Waals surface area contributed by atoms with E-state index in [1.165, 1.54) is 24.0 Å². The second-order valence-corrected chi connectivity index (χ2v) is 3.57. The Morgan fingerprint density at radius 2 is 2.28 bits per heavy atom. The Morgan fingerprint density at radius 1 is 1.61 bits per heavy atom. The molecule has 0 saturated heterocycles. The standard InChI is InChI=1S/C11H15N3O4/c1-4-8(11(15)18-5-2)6-9-10(14(16)17)13(3)7-12-9/h6-7H,4-5H2,1-3H3/b8-6-. The summed E-state index contributed by atoms with van der Waals surface area (Å²) < 4.78 is 6.16. The number of hydrogen-bond acceptors (Lipinski definition) is 5. The maximum atomic E-state index is 11.6. The zero-order valence-electron chi connectivity index (χ0n) is 10.5. The Hall–Kier alpha value is -2.18. The fourth-order valence-corrected chi connectivity index (χ4v) is 1.46. The molecule has 0 N–H and O–H groups in total. The average Bonchev–Trinajstić information content (AvgIpc) is 2.67. The van der Waals surface area contributed by atoms with Gasteiger partial charge in [0.1, 0.15) is 0 Å². The highest BCUT2D eigenvalue weighted by atomic mass is 16.6. The second-order valence-electron chi connectivity index (χ2n) is 3.57. The van der Waals surface area contributed by atoms with Crippen molar-refractivity contribution in [2.75, 3.05) is 6.61 Å². The molecule has 7 nitrogen and oxygen atoms in total. The Balaban J connectivity index is 3.14. The van der Waals surface area contributed by atoms with Gasteiger partial charge in [0, 0.05) is 5.57 Å². The molecule has 0 amide bonds. The Morgan fingerprint density at radius 3 is 2.78 bits per heavy atom. The van der Waals surface area contributed by atoms with Crippen molar-refractivity contribution < 1.29 is 14.5 Å². The maximum Gasteiger partial charge on any atom is 0.349 e. The monoisotopic (exact) mass is 253 g/mol. The van der Waals surface area contributed by atoms with Crippen LogP contribution >= 0.6 is 0 Å². The van der Waals surface area contributed by atoms with Gasteiger partial charge in [-0.2, -0.15) is 0 Å². The van der Waals surface area contributed by atoms with Gasteiger partial charge in [-0.3, -0.25) is 0 Å². The first-order chi connectivity index (χ1) is 8.51. The summed E-state index contributed by atoms with van der Waals surface area (Å²) in [5.74, 6) is -0.620. The summed E-state index contributed by atoms with van der Waals surface area (Å²) in [4.78, 5) is 25.8.